The molecule has 0 heterocycles. The molecule has 2 nitrogen and oxygen atoms in total. The molecule has 0 saturated heterocycles. The minimum Gasteiger partial charge on any atom is -0.310 e. The molecular formula is C14H21F3N2. The molecule has 0 spiro atoms. The Labute approximate surface area is 112 Å². The van der Waals surface area contributed by atoms with Crippen LogP contribution in [0.5, 0.6) is 0 Å². The lowest BCUT2D eigenvalue weighted by molar-refractivity contribution is -0.137. The van der Waals surface area contributed by atoms with Crippen molar-refractivity contribution in [3.05, 3.63) is 35.4 Å². The molecule has 0 aliphatic rings. The van der Waals surface area contributed by atoms with Crippen LogP contribution in [0.4, 0.5) is 13.2 Å². The number of benzene rings is 1. The maximum absolute atomic E-state index is 12.5. The van der Waals surface area contributed by atoms with Crippen LogP contribution < -0.4 is 5.32 Å². The minimum absolute atomic E-state index is 0.0923. The van der Waals surface area contributed by atoms with Gasteiger partial charge in [0.05, 0.1) is 5.56 Å². The fourth-order valence-corrected chi connectivity index (χ4v) is 1.92. The zero-order valence-electron chi connectivity index (χ0n) is 11.6. The van der Waals surface area contributed by atoms with Gasteiger partial charge in [-0.3, -0.25) is 0 Å². The second-order valence-electron chi connectivity index (χ2n) is 4.82. The van der Waals surface area contributed by atoms with Gasteiger partial charge >= 0.3 is 6.18 Å². The third-order valence-electron chi connectivity index (χ3n) is 2.96. The third-order valence-corrected chi connectivity index (χ3v) is 2.96. The van der Waals surface area contributed by atoms with Crippen molar-refractivity contribution in [1.82, 2.24) is 10.2 Å². The Hall–Kier alpha value is -1.07. The summed E-state index contributed by atoms with van der Waals surface area (Å²) in [4.78, 5) is 2.06. The van der Waals surface area contributed by atoms with Crippen LogP contribution in [0.3, 0.4) is 0 Å². The Morgan fingerprint density at radius 2 is 1.74 bits per heavy atom. The predicted octanol–water partition coefficient (Wildman–Crippen LogP) is 3.31. The maximum atomic E-state index is 12.5. The minimum atomic E-state index is -4.27. The van der Waals surface area contributed by atoms with Gasteiger partial charge in [-0.15, -0.1) is 0 Å². The third kappa shape index (κ3) is 5.20. The first-order valence-electron chi connectivity index (χ1n) is 6.40. The molecule has 0 aliphatic heterocycles. The van der Waals surface area contributed by atoms with E-state index in [4.69, 9.17) is 0 Å². The number of rotatable bonds is 6. The lowest BCUT2D eigenvalue weighted by Gasteiger charge is -2.21. The number of nitrogens with zero attached hydrogens (tertiary/aromatic N) is 1. The van der Waals surface area contributed by atoms with Gasteiger partial charge in [0, 0.05) is 6.04 Å². The fourth-order valence-electron chi connectivity index (χ4n) is 1.92. The van der Waals surface area contributed by atoms with Crippen molar-refractivity contribution in [2.45, 2.75) is 25.6 Å². The Morgan fingerprint density at radius 3 is 2.16 bits per heavy atom. The second-order valence-corrected chi connectivity index (χ2v) is 4.82. The summed E-state index contributed by atoms with van der Waals surface area (Å²) >= 11 is 0. The van der Waals surface area contributed by atoms with E-state index in [-0.39, 0.29) is 6.04 Å². The van der Waals surface area contributed by atoms with Crippen molar-refractivity contribution in [3.8, 4) is 0 Å². The van der Waals surface area contributed by atoms with E-state index in [9.17, 15) is 13.2 Å². The van der Waals surface area contributed by atoms with Crippen molar-refractivity contribution in [2.75, 3.05) is 27.2 Å². The predicted molar refractivity (Wildman–Crippen MR) is 71.0 cm³/mol. The molecule has 0 bridgehead atoms. The average Bonchev–Trinajstić information content (AvgIpc) is 2.33. The van der Waals surface area contributed by atoms with Gasteiger partial charge in [-0.25, -0.2) is 0 Å². The topological polar surface area (TPSA) is 15.3 Å². The van der Waals surface area contributed by atoms with Crippen molar-refractivity contribution in [3.63, 3.8) is 0 Å². The van der Waals surface area contributed by atoms with E-state index in [1.54, 1.807) is 12.1 Å². The van der Waals surface area contributed by atoms with E-state index in [0.717, 1.165) is 37.2 Å². The molecule has 5 heteroatoms. The Bertz CT molecular complexity index is 371. The number of nitrogens with one attached hydrogen (secondary N) is 1. The van der Waals surface area contributed by atoms with E-state index in [2.05, 4.69) is 10.2 Å². The molecule has 1 rings (SSSR count). The summed E-state index contributed by atoms with van der Waals surface area (Å²) in [6.07, 6.45) is -3.40. The molecule has 108 valence electrons. The highest BCUT2D eigenvalue weighted by atomic mass is 19.4. The highest BCUT2D eigenvalue weighted by molar-refractivity contribution is 5.26. The molecule has 0 radical (unpaired) electrons. The highest BCUT2D eigenvalue weighted by Gasteiger charge is 2.30. The number of halogens is 3. The first-order chi connectivity index (χ1) is 8.84. The van der Waals surface area contributed by atoms with Crippen LogP contribution in [0.25, 0.3) is 0 Å². The van der Waals surface area contributed by atoms with E-state index in [1.807, 2.05) is 21.0 Å². The molecule has 1 N–H and O–H groups in total. The first kappa shape index (κ1) is 16.0. The van der Waals surface area contributed by atoms with E-state index in [1.165, 1.54) is 0 Å². The van der Waals surface area contributed by atoms with Gasteiger partial charge in [0.25, 0.3) is 0 Å². The standard InChI is InChI=1S/C14H21F3N2/c1-4-18-13(9-10-19(2)3)11-5-7-12(8-6-11)14(15,16)17/h5-8,13,18H,4,9-10H2,1-3H3. The van der Waals surface area contributed by atoms with Gasteiger partial charge in [-0.2, -0.15) is 13.2 Å². The zero-order valence-corrected chi connectivity index (χ0v) is 11.6. The summed E-state index contributed by atoms with van der Waals surface area (Å²) in [5.74, 6) is 0. The summed E-state index contributed by atoms with van der Waals surface area (Å²) in [6.45, 7) is 3.67. The van der Waals surface area contributed by atoms with Crippen molar-refractivity contribution < 1.29 is 13.2 Å². The van der Waals surface area contributed by atoms with Gasteiger partial charge < -0.3 is 10.2 Å². The van der Waals surface area contributed by atoms with E-state index < -0.39 is 11.7 Å². The number of alkyl halides is 3. The zero-order chi connectivity index (χ0) is 14.5. The molecule has 0 amide bonds. The quantitative estimate of drug-likeness (QED) is 0.856. The molecule has 1 atom stereocenters. The summed E-state index contributed by atoms with van der Waals surface area (Å²) < 4.78 is 37.5. The Kier molecular flexibility index (Phi) is 5.82. The number of hydrogen-bond acceptors (Lipinski definition) is 2. The monoisotopic (exact) mass is 274 g/mol. The smallest absolute Gasteiger partial charge is 0.310 e. The Balaban J connectivity index is 2.79. The molecule has 1 unspecified atom stereocenters. The summed E-state index contributed by atoms with van der Waals surface area (Å²) in [7, 11) is 3.96. The van der Waals surface area contributed by atoms with Gasteiger partial charge in [0.15, 0.2) is 0 Å². The molecule has 1 aromatic carbocycles. The first-order valence-corrected chi connectivity index (χ1v) is 6.40. The molecule has 0 aliphatic carbocycles. The van der Waals surface area contributed by atoms with E-state index in [0.29, 0.717) is 0 Å². The Morgan fingerprint density at radius 1 is 1.16 bits per heavy atom. The van der Waals surface area contributed by atoms with Crippen LogP contribution in [0.2, 0.25) is 0 Å². The normalized spacial score (nSPS) is 13.8. The molecule has 1 aromatic rings. The fraction of sp³-hybridized carbons (Fsp3) is 0.571. The van der Waals surface area contributed by atoms with Crippen molar-refractivity contribution in [1.29, 1.82) is 0 Å². The van der Waals surface area contributed by atoms with Crippen LogP contribution in [0, 0.1) is 0 Å². The van der Waals surface area contributed by atoms with Gasteiger partial charge in [0.2, 0.25) is 0 Å². The van der Waals surface area contributed by atoms with Crippen LogP contribution in [-0.2, 0) is 6.18 Å². The van der Waals surface area contributed by atoms with Crippen LogP contribution in [0.15, 0.2) is 24.3 Å². The molecule has 19 heavy (non-hydrogen) atoms. The summed E-state index contributed by atoms with van der Waals surface area (Å²) in [5, 5.41) is 3.30. The van der Waals surface area contributed by atoms with Crippen LogP contribution in [0.1, 0.15) is 30.5 Å². The van der Waals surface area contributed by atoms with Crippen molar-refractivity contribution in [2.24, 2.45) is 0 Å². The summed E-state index contributed by atoms with van der Waals surface area (Å²) in [5.41, 5.74) is 0.302. The lowest BCUT2D eigenvalue weighted by Crippen LogP contribution is -2.25. The van der Waals surface area contributed by atoms with Crippen molar-refractivity contribution >= 4 is 0 Å². The van der Waals surface area contributed by atoms with Crippen LogP contribution in [-0.4, -0.2) is 32.1 Å². The number of hydrogen-bond donors (Lipinski definition) is 1. The SMILES string of the molecule is CCNC(CCN(C)C)c1ccc(C(F)(F)F)cc1. The average molecular weight is 274 g/mol. The highest BCUT2D eigenvalue weighted by Crippen LogP contribution is 2.30. The summed E-state index contributed by atoms with van der Waals surface area (Å²) in [6, 6.07) is 5.51. The second kappa shape index (κ2) is 6.91. The largest absolute Gasteiger partial charge is 0.416 e. The van der Waals surface area contributed by atoms with Crippen LogP contribution >= 0.6 is 0 Å². The molecule has 0 aromatic heterocycles. The lowest BCUT2D eigenvalue weighted by atomic mass is 10.0. The van der Waals surface area contributed by atoms with Gasteiger partial charge in [-0.1, -0.05) is 19.1 Å². The van der Waals surface area contributed by atoms with E-state index >= 15 is 0 Å². The molecule has 0 fully saturated rings. The van der Waals surface area contributed by atoms with Gasteiger partial charge in [0.1, 0.15) is 0 Å². The van der Waals surface area contributed by atoms with Gasteiger partial charge in [-0.05, 0) is 51.3 Å². The molecular weight excluding hydrogens is 253 g/mol. The maximum Gasteiger partial charge on any atom is 0.416 e. The molecule has 0 saturated carbocycles.